The molecule has 72 valence electrons. The molecule has 0 atom stereocenters. The first-order chi connectivity index (χ1) is 6.00. The van der Waals surface area contributed by atoms with Crippen molar-refractivity contribution in [2.24, 2.45) is 0 Å². The van der Waals surface area contributed by atoms with Gasteiger partial charge < -0.3 is 32.8 Å². The van der Waals surface area contributed by atoms with E-state index in [1.807, 2.05) is 0 Å². The molecule has 0 bridgehead atoms. The Bertz CT molecular complexity index is 179. The van der Waals surface area contributed by atoms with Crippen LogP contribution in [0.15, 0.2) is 12.4 Å². The molecule has 0 unspecified atom stereocenters. The molecule has 8 nitrogen and oxygen atoms in total. The first-order valence-electron chi connectivity index (χ1n) is 2.62. The van der Waals surface area contributed by atoms with Gasteiger partial charge in [0, 0.05) is 9.93 Å². The van der Waals surface area contributed by atoms with E-state index < -0.39 is 0 Å². The molecular formula is C4H5CdIN6O2. The van der Waals surface area contributed by atoms with Gasteiger partial charge >= 0.3 is 27.3 Å². The van der Waals surface area contributed by atoms with Crippen molar-refractivity contribution in [1.29, 1.82) is 0 Å². The van der Waals surface area contributed by atoms with Crippen LogP contribution in [0.3, 0.4) is 0 Å². The number of aromatic nitrogens is 6. The number of nitrogens with one attached hydrogen (secondary N) is 2. The van der Waals surface area contributed by atoms with Gasteiger partial charge in [0.15, 0.2) is 0 Å². The minimum absolute atomic E-state index is 0. The zero-order valence-electron chi connectivity index (χ0n) is 6.88. The Kier molecular flexibility index (Phi) is 25.1. The fourth-order valence-electron chi connectivity index (χ4n) is 0.289. The maximum atomic E-state index is 7.00. The van der Waals surface area contributed by atoms with Gasteiger partial charge in [0.25, 0.3) is 0 Å². The minimum atomic E-state index is 0. The van der Waals surface area contributed by atoms with E-state index >= 15 is 0 Å². The molecule has 2 N–H and O–H groups in total. The molecule has 0 fully saturated rings. The van der Waals surface area contributed by atoms with E-state index in [0.717, 1.165) is 0 Å². The van der Waals surface area contributed by atoms with E-state index in [4.69, 9.17) is 9.93 Å². The van der Waals surface area contributed by atoms with Gasteiger partial charge in [-0.2, -0.15) is 0 Å². The van der Waals surface area contributed by atoms with E-state index in [1.54, 1.807) is 0 Å². The van der Waals surface area contributed by atoms with E-state index in [0.29, 0.717) is 0 Å². The largest absolute Gasteiger partial charge is 2.00 e. The fraction of sp³-hybridized carbons (Fsp3) is 0. The third-order valence-electron chi connectivity index (χ3n) is 0.589. The summed E-state index contributed by atoms with van der Waals surface area (Å²) in [7, 11) is 0. The molecule has 0 amide bonds. The summed E-state index contributed by atoms with van der Waals surface area (Å²) >= 11 is 0. The molecule has 2 heterocycles. The van der Waals surface area contributed by atoms with Crippen LogP contribution in [0, 0.1) is 22.3 Å². The van der Waals surface area contributed by atoms with Gasteiger partial charge in [-0.1, -0.05) is 0 Å². The van der Waals surface area contributed by atoms with Crippen molar-refractivity contribution in [3.05, 3.63) is 34.7 Å². The Morgan fingerprint density at radius 3 is 1.36 bits per heavy atom. The monoisotopic (exact) mass is 410 g/mol. The summed E-state index contributed by atoms with van der Waals surface area (Å²) in [5.74, 6) is 0. The number of hydrogen-bond acceptors (Lipinski definition) is 6. The molecule has 2 aromatic rings. The van der Waals surface area contributed by atoms with Crippen LogP contribution in [0.4, 0.5) is 0 Å². The van der Waals surface area contributed by atoms with Crippen molar-refractivity contribution >= 4 is 24.0 Å². The maximum absolute atomic E-state index is 7.00. The Morgan fingerprint density at radius 1 is 0.929 bits per heavy atom. The number of nitrogens with zero attached hydrogens (tertiary/aromatic N) is 4. The molecule has 0 aliphatic rings. The molecule has 0 saturated heterocycles. The van der Waals surface area contributed by atoms with Gasteiger partial charge in [0.1, 0.15) is 0 Å². The van der Waals surface area contributed by atoms with Crippen molar-refractivity contribution in [3.8, 4) is 0 Å². The van der Waals surface area contributed by atoms with Crippen LogP contribution in [-0.2, 0) is 27.3 Å². The third kappa shape index (κ3) is 14.1. The van der Waals surface area contributed by atoms with Crippen molar-refractivity contribution in [2.75, 3.05) is 0 Å². The summed E-state index contributed by atoms with van der Waals surface area (Å²) in [6, 6.07) is 0. The van der Waals surface area contributed by atoms with Crippen molar-refractivity contribution < 1.29 is 27.3 Å². The van der Waals surface area contributed by atoms with Gasteiger partial charge in [0.05, 0.1) is 0 Å². The zero-order valence-corrected chi connectivity index (χ0v) is 13.2. The summed E-state index contributed by atoms with van der Waals surface area (Å²) in [5, 5.41) is 18.1. The van der Waals surface area contributed by atoms with Crippen LogP contribution in [-0.4, -0.2) is 30.8 Å². The number of hydrogen-bond donors (Lipinski definition) is 2. The van der Waals surface area contributed by atoms with Crippen LogP contribution in [0.5, 0.6) is 0 Å². The summed E-state index contributed by atoms with van der Waals surface area (Å²) in [6.45, 7) is 0. The van der Waals surface area contributed by atoms with E-state index in [2.05, 4.69) is 43.2 Å². The standard InChI is InChI=1S/2C2H2N3.Cd.HI.O2/c2*1-2-4-5-3-1;;;1-2/h2*1H,(H,3,4,5);;1H;/q2*-1;+2;;. The molecule has 0 aliphatic carbocycles. The molecule has 0 radical (unpaired) electrons. The molecule has 2 aromatic heterocycles. The van der Waals surface area contributed by atoms with Crippen molar-refractivity contribution in [3.63, 3.8) is 0 Å². The van der Waals surface area contributed by atoms with E-state index in [-0.39, 0.29) is 51.3 Å². The van der Waals surface area contributed by atoms with Crippen LogP contribution < -0.4 is 0 Å². The van der Waals surface area contributed by atoms with Crippen LogP contribution >= 0.6 is 24.0 Å². The van der Waals surface area contributed by atoms with E-state index in [9.17, 15) is 0 Å². The quantitative estimate of drug-likeness (QED) is 0.357. The number of H-pyrrole nitrogens is 2. The predicted molar refractivity (Wildman–Crippen MR) is 52.6 cm³/mol. The third-order valence-corrected chi connectivity index (χ3v) is 0.589. The molecule has 2 rings (SSSR count). The first kappa shape index (κ1) is 19.2. The van der Waals surface area contributed by atoms with Gasteiger partial charge in [-0.05, 0) is 0 Å². The first-order valence-corrected chi connectivity index (χ1v) is 2.62. The fourth-order valence-corrected chi connectivity index (χ4v) is 0.289. The topological polar surface area (TPSA) is 117 Å². The Morgan fingerprint density at radius 2 is 1.29 bits per heavy atom. The molecular weight excluding hydrogens is 403 g/mol. The molecule has 10 heteroatoms. The average molecular weight is 408 g/mol. The van der Waals surface area contributed by atoms with Gasteiger partial charge in [0.2, 0.25) is 0 Å². The van der Waals surface area contributed by atoms with Gasteiger partial charge in [-0.3, -0.25) is 0 Å². The maximum Gasteiger partial charge on any atom is 2.00 e. The van der Waals surface area contributed by atoms with Crippen LogP contribution in [0.2, 0.25) is 0 Å². The number of aromatic amines is 2. The van der Waals surface area contributed by atoms with Gasteiger partial charge in [-0.15, -0.1) is 46.8 Å². The molecule has 14 heavy (non-hydrogen) atoms. The summed E-state index contributed by atoms with van der Waals surface area (Å²) in [6.07, 6.45) is 7.94. The molecule has 0 aromatic carbocycles. The smallest absolute Gasteiger partial charge is 0.352 e. The minimum Gasteiger partial charge on any atom is -0.352 e. The second-order valence-electron chi connectivity index (χ2n) is 1.21. The van der Waals surface area contributed by atoms with Crippen LogP contribution in [0.25, 0.3) is 0 Å². The summed E-state index contributed by atoms with van der Waals surface area (Å²) < 4.78 is 0. The number of rotatable bonds is 0. The Balaban J connectivity index is -0.000000131. The summed E-state index contributed by atoms with van der Waals surface area (Å²) in [4.78, 5) is 14.0. The summed E-state index contributed by atoms with van der Waals surface area (Å²) in [5.41, 5.74) is 0. The predicted octanol–water partition coefficient (Wildman–Crippen LogP) is -0.108. The molecule has 0 spiro atoms. The Labute approximate surface area is 116 Å². The average Bonchev–Trinajstić information content (AvgIpc) is 2.87. The molecule has 0 saturated carbocycles. The van der Waals surface area contributed by atoms with E-state index in [1.165, 1.54) is 12.4 Å². The van der Waals surface area contributed by atoms with Crippen molar-refractivity contribution in [1.82, 2.24) is 30.8 Å². The number of halogens is 1. The zero-order chi connectivity index (χ0) is 9.07. The van der Waals surface area contributed by atoms with Gasteiger partial charge in [-0.25, -0.2) is 0 Å². The van der Waals surface area contributed by atoms with Crippen LogP contribution in [0.1, 0.15) is 0 Å². The van der Waals surface area contributed by atoms with Crippen molar-refractivity contribution in [2.45, 2.75) is 0 Å². The molecule has 0 aliphatic heterocycles. The normalized spacial score (nSPS) is 6.00. The second kappa shape index (κ2) is 18.3. The second-order valence-corrected chi connectivity index (χ2v) is 1.21. The SMILES string of the molecule is I.O=O.[Cd+2].[c-]1c[nH]nn1.[c-]1c[nH]nn1. The Hall–Kier alpha value is -0.468.